The molecule has 0 spiro atoms. The Balaban J connectivity index is 2.51. The summed E-state index contributed by atoms with van der Waals surface area (Å²) < 4.78 is 31.4. The van der Waals surface area contributed by atoms with Crippen LogP contribution >= 0.6 is 0 Å². The summed E-state index contributed by atoms with van der Waals surface area (Å²) in [4.78, 5) is 38.3. The van der Waals surface area contributed by atoms with Gasteiger partial charge in [0.1, 0.15) is 24.0 Å². The number of hydrogen-bond acceptors (Lipinski definition) is 7. The molecule has 0 fully saturated rings. The Morgan fingerprint density at radius 3 is 2.22 bits per heavy atom. The molecule has 2 amide bonds. The molecule has 0 aromatic heterocycles. The lowest BCUT2D eigenvalue weighted by Crippen LogP contribution is -2.52. The highest BCUT2D eigenvalue weighted by Gasteiger charge is 2.32. The number of nitrogens with zero attached hydrogens (tertiary/aromatic N) is 3. The summed E-state index contributed by atoms with van der Waals surface area (Å²) in [5, 5.41) is 14.1. The zero-order chi connectivity index (χ0) is 27.2. The molecule has 0 heterocycles. The van der Waals surface area contributed by atoms with Crippen LogP contribution in [0.25, 0.3) is 0 Å². The Bertz CT molecular complexity index is 1210. The molecule has 0 aliphatic carbocycles. The van der Waals surface area contributed by atoms with E-state index in [0.29, 0.717) is 0 Å². The zero-order valence-electron chi connectivity index (χ0n) is 21.2. The second-order valence-electron chi connectivity index (χ2n) is 8.73. The molecule has 0 bridgehead atoms. The second kappa shape index (κ2) is 11.8. The fourth-order valence-electron chi connectivity index (χ4n) is 3.46. The molecule has 0 radical (unpaired) electrons. The third-order valence-electron chi connectivity index (χ3n) is 5.39. The molecule has 1 N–H and O–H groups in total. The summed E-state index contributed by atoms with van der Waals surface area (Å²) in [6.07, 6.45) is 0.887. The Morgan fingerprint density at radius 1 is 1.11 bits per heavy atom. The van der Waals surface area contributed by atoms with Gasteiger partial charge in [-0.1, -0.05) is 29.8 Å². The Morgan fingerprint density at radius 2 is 1.72 bits per heavy atom. The summed E-state index contributed by atoms with van der Waals surface area (Å²) in [5.74, 6) is -1.03. The molecule has 2 aromatic rings. The fraction of sp³-hybridized carbons (Fsp3) is 0.417. The lowest BCUT2D eigenvalue weighted by atomic mass is 10.1. The molecule has 0 saturated carbocycles. The van der Waals surface area contributed by atoms with E-state index in [0.717, 1.165) is 27.8 Å². The van der Waals surface area contributed by atoms with E-state index in [1.807, 2.05) is 31.2 Å². The number of methoxy groups -OCH3 is 1. The Labute approximate surface area is 211 Å². The highest BCUT2D eigenvalue weighted by atomic mass is 32.2. The maximum absolute atomic E-state index is 13.6. The van der Waals surface area contributed by atoms with Gasteiger partial charge in [-0.2, -0.15) is 0 Å². The number of sulfonamides is 1. The van der Waals surface area contributed by atoms with Crippen LogP contribution < -0.4 is 14.4 Å². The van der Waals surface area contributed by atoms with E-state index < -0.39 is 39.3 Å². The smallest absolute Gasteiger partial charge is 0.271 e. The average molecular weight is 521 g/mol. The second-order valence-corrected chi connectivity index (χ2v) is 10.6. The van der Waals surface area contributed by atoms with Gasteiger partial charge in [-0.05, 0) is 39.3 Å². The highest BCUT2D eigenvalue weighted by Crippen LogP contribution is 2.33. The predicted octanol–water partition coefficient (Wildman–Crippen LogP) is 2.62. The molecule has 11 nitrogen and oxygen atoms in total. The molecule has 2 aromatic carbocycles. The van der Waals surface area contributed by atoms with Gasteiger partial charge < -0.3 is 15.0 Å². The predicted molar refractivity (Wildman–Crippen MR) is 136 cm³/mol. The van der Waals surface area contributed by atoms with Crippen LogP contribution in [0, 0.1) is 17.0 Å². The number of rotatable bonds is 11. The van der Waals surface area contributed by atoms with E-state index in [9.17, 15) is 28.1 Å². The molecule has 1 atom stereocenters. The minimum atomic E-state index is -4.08. The van der Waals surface area contributed by atoms with Gasteiger partial charge in [-0.15, -0.1) is 0 Å². The van der Waals surface area contributed by atoms with Crippen LogP contribution in [-0.4, -0.2) is 62.0 Å². The van der Waals surface area contributed by atoms with Gasteiger partial charge in [0.25, 0.3) is 5.69 Å². The number of benzene rings is 2. The molecule has 2 rings (SSSR count). The minimum Gasteiger partial charge on any atom is -0.495 e. The first kappa shape index (κ1) is 28.6. The monoisotopic (exact) mass is 520 g/mol. The number of nitro groups is 1. The van der Waals surface area contributed by atoms with Crippen molar-refractivity contribution >= 4 is 33.2 Å². The van der Waals surface area contributed by atoms with Crippen molar-refractivity contribution in [3.05, 3.63) is 63.7 Å². The highest BCUT2D eigenvalue weighted by molar-refractivity contribution is 7.92. The first-order valence-corrected chi connectivity index (χ1v) is 13.0. The molecule has 0 unspecified atom stereocenters. The number of ether oxygens (including phenoxy) is 1. The van der Waals surface area contributed by atoms with Crippen LogP contribution in [0.2, 0.25) is 0 Å². The number of anilines is 1. The van der Waals surface area contributed by atoms with Gasteiger partial charge in [0.15, 0.2) is 0 Å². The van der Waals surface area contributed by atoms with Gasteiger partial charge in [-0.25, -0.2) is 8.42 Å². The molecule has 0 aliphatic rings. The van der Waals surface area contributed by atoms with Crippen molar-refractivity contribution in [2.75, 3.05) is 24.2 Å². The van der Waals surface area contributed by atoms with Crippen molar-refractivity contribution in [3.63, 3.8) is 0 Å². The quantitative estimate of drug-likeness (QED) is 0.355. The summed E-state index contributed by atoms with van der Waals surface area (Å²) in [6.45, 7) is 6.41. The van der Waals surface area contributed by atoms with E-state index >= 15 is 0 Å². The van der Waals surface area contributed by atoms with Crippen LogP contribution in [0.5, 0.6) is 5.75 Å². The van der Waals surface area contributed by atoms with Crippen molar-refractivity contribution in [1.29, 1.82) is 0 Å². The van der Waals surface area contributed by atoms with Gasteiger partial charge in [-0.3, -0.25) is 24.0 Å². The molecule has 36 heavy (non-hydrogen) atoms. The number of hydrogen-bond donors (Lipinski definition) is 1. The number of nitro benzene ring substituents is 1. The van der Waals surface area contributed by atoms with Gasteiger partial charge in [0, 0.05) is 24.7 Å². The maximum Gasteiger partial charge on any atom is 0.271 e. The number of amides is 2. The van der Waals surface area contributed by atoms with Crippen molar-refractivity contribution in [2.24, 2.45) is 0 Å². The van der Waals surface area contributed by atoms with E-state index in [-0.39, 0.29) is 29.7 Å². The Kier molecular flexibility index (Phi) is 9.40. The summed E-state index contributed by atoms with van der Waals surface area (Å²) in [5.41, 5.74) is 1.24. The normalized spacial score (nSPS) is 12.1. The van der Waals surface area contributed by atoms with Crippen LogP contribution in [-0.2, 0) is 26.2 Å². The van der Waals surface area contributed by atoms with Crippen molar-refractivity contribution in [2.45, 2.75) is 46.3 Å². The third kappa shape index (κ3) is 7.41. The summed E-state index contributed by atoms with van der Waals surface area (Å²) >= 11 is 0. The number of carbonyl (C=O) groups is 2. The SMILES string of the molecule is COc1ccc([N+](=O)[O-])cc1N(CC(=O)N(Cc1ccc(C)cc1)[C@@H](C)C(=O)NC(C)C)S(C)(=O)=O. The largest absolute Gasteiger partial charge is 0.495 e. The number of aryl methyl sites for hydroxylation is 1. The van der Waals surface area contributed by atoms with Gasteiger partial charge in [0.05, 0.1) is 18.3 Å². The third-order valence-corrected chi connectivity index (χ3v) is 6.52. The van der Waals surface area contributed by atoms with E-state index in [4.69, 9.17) is 4.74 Å². The van der Waals surface area contributed by atoms with E-state index in [1.54, 1.807) is 20.8 Å². The number of nitrogens with one attached hydrogen (secondary N) is 1. The molecule has 0 aliphatic heterocycles. The van der Waals surface area contributed by atoms with E-state index in [2.05, 4.69) is 5.32 Å². The summed E-state index contributed by atoms with van der Waals surface area (Å²) in [6, 6.07) is 9.76. The molecular weight excluding hydrogens is 488 g/mol. The topological polar surface area (TPSA) is 139 Å². The summed E-state index contributed by atoms with van der Waals surface area (Å²) in [7, 11) is -2.80. The minimum absolute atomic E-state index is 0.0366. The van der Waals surface area contributed by atoms with E-state index in [1.165, 1.54) is 24.1 Å². The van der Waals surface area contributed by atoms with Crippen LogP contribution in [0.4, 0.5) is 11.4 Å². The first-order valence-electron chi connectivity index (χ1n) is 11.2. The molecule has 12 heteroatoms. The van der Waals surface area contributed by atoms with Gasteiger partial charge in [0.2, 0.25) is 21.8 Å². The van der Waals surface area contributed by atoms with Crippen LogP contribution in [0.3, 0.4) is 0 Å². The number of carbonyl (C=O) groups excluding carboxylic acids is 2. The maximum atomic E-state index is 13.6. The molecular formula is C24H32N4O7S. The molecule has 0 saturated heterocycles. The fourth-order valence-corrected chi connectivity index (χ4v) is 4.30. The first-order chi connectivity index (χ1) is 16.7. The molecule has 196 valence electrons. The van der Waals surface area contributed by atoms with Crippen molar-refractivity contribution in [1.82, 2.24) is 10.2 Å². The average Bonchev–Trinajstić information content (AvgIpc) is 2.79. The lowest BCUT2D eigenvalue weighted by molar-refractivity contribution is -0.384. The Hall–Kier alpha value is -3.67. The zero-order valence-corrected chi connectivity index (χ0v) is 22.0. The standard InChI is InChI=1S/C24H32N4O7S/c1-16(2)25-24(30)18(4)26(14-19-9-7-17(3)8-10-19)23(29)15-27(36(6,33)34)21-13-20(28(31)32)11-12-22(21)35-5/h7-13,16,18H,14-15H2,1-6H3,(H,25,30)/t18-/m0/s1. The number of non-ortho nitro benzene ring substituents is 1. The van der Waals surface area contributed by atoms with Crippen molar-refractivity contribution < 1.29 is 27.7 Å². The van der Waals surface area contributed by atoms with Crippen molar-refractivity contribution in [3.8, 4) is 5.75 Å². The van der Waals surface area contributed by atoms with Crippen LogP contribution in [0.1, 0.15) is 31.9 Å². The van der Waals surface area contributed by atoms with Gasteiger partial charge >= 0.3 is 0 Å². The lowest BCUT2D eigenvalue weighted by Gasteiger charge is -2.32. The van der Waals surface area contributed by atoms with Crippen LogP contribution in [0.15, 0.2) is 42.5 Å².